The summed E-state index contributed by atoms with van der Waals surface area (Å²) in [5, 5.41) is 23.4. The molecule has 3 N–H and O–H groups in total. The van der Waals surface area contributed by atoms with Gasteiger partial charge in [-0.3, -0.25) is 9.59 Å². The predicted molar refractivity (Wildman–Crippen MR) is 347 cm³/mol. The van der Waals surface area contributed by atoms with Gasteiger partial charge in [0.05, 0.1) is 25.4 Å². The number of amides is 1. The van der Waals surface area contributed by atoms with Crippen molar-refractivity contribution < 1.29 is 24.5 Å². The van der Waals surface area contributed by atoms with Crippen LogP contribution in [0.5, 0.6) is 0 Å². The maximum absolute atomic E-state index is 12.5. The highest BCUT2D eigenvalue weighted by Crippen LogP contribution is 2.20. The summed E-state index contributed by atoms with van der Waals surface area (Å²) in [5.74, 6) is -0.00289. The molecule has 0 aromatic heterocycles. The van der Waals surface area contributed by atoms with Crippen LogP contribution in [0.1, 0.15) is 431 Å². The maximum atomic E-state index is 12.5. The van der Waals surface area contributed by atoms with E-state index in [-0.39, 0.29) is 18.5 Å². The number of esters is 1. The Bertz CT molecular complexity index is 1150. The lowest BCUT2D eigenvalue weighted by Crippen LogP contribution is -2.45. The van der Waals surface area contributed by atoms with Gasteiger partial charge in [0.1, 0.15) is 0 Å². The Kier molecular flexibility index (Phi) is 68.4. The molecule has 79 heavy (non-hydrogen) atoms. The summed E-state index contributed by atoms with van der Waals surface area (Å²) in [7, 11) is 0. The third-order valence-electron chi connectivity index (χ3n) is 17.7. The number of aliphatic hydroxyl groups excluding tert-OH is 2. The third kappa shape index (κ3) is 65.9. The van der Waals surface area contributed by atoms with E-state index in [0.29, 0.717) is 25.9 Å². The average Bonchev–Trinajstić information content (AvgIpc) is 3.45. The predicted octanol–water partition coefficient (Wildman–Crippen LogP) is 23.8. The first kappa shape index (κ1) is 77.9. The molecule has 472 valence electrons. The fraction of sp³-hybridized carbons (Fsp3) is 0.973. The molecule has 2 unspecified atom stereocenters. The minimum Gasteiger partial charge on any atom is -0.466 e. The largest absolute Gasteiger partial charge is 0.466 e. The second kappa shape index (κ2) is 69.4. The van der Waals surface area contributed by atoms with Crippen molar-refractivity contribution >= 4 is 11.9 Å². The molecular weight excluding hydrogens is 971 g/mol. The zero-order chi connectivity index (χ0) is 57.1. The van der Waals surface area contributed by atoms with Gasteiger partial charge < -0.3 is 20.3 Å². The van der Waals surface area contributed by atoms with E-state index in [1.807, 2.05) is 0 Å². The zero-order valence-corrected chi connectivity index (χ0v) is 54.2. The highest BCUT2D eigenvalue weighted by molar-refractivity contribution is 5.76. The van der Waals surface area contributed by atoms with Gasteiger partial charge in [0.15, 0.2) is 0 Å². The van der Waals surface area contributed by atoms with Gasteiger partial charge in [-0.15, -0.1) is 0 Å². The standard InChI is InChI=1S/C73H145NO5/c1-3-5-7-9-11-13-15-17-18-19-33-36-39-42-45-49-53-57-61-65-71(76)70(69-75)74-72(77)66-62-58-54-50-46-43-40-37-34-31-29-27-25-23-21-20-22-24-26-28-30-32-35-38-41-44-48-52-56-60-64-68-79-73(78)67-63-59-55-51-47-16-14-12-10-8-6-4-2/h70-71,75-76H,3-69H2,1-2H3,(H,74,77). The van der Waals surface area contributed by atoms with Crippen molar-refractivity contribution in [3.8, 4) is 0 Å². The number of carbonyl (C=O) groups excluding carboxylic acids is 2. The number of hydrogen-bond donors (Lipinski definition) is 3. The Labute approximate surface area is 496 Å². The summed E-state index contributed by atoms with van der Waals surface area (Å²) in [6.45, 7) is 5.01. The van der Waals surface area contributed by atoms with Crippen LogP contribution in [-0.2, 0) is 14.3 Å². The second-order valence-electron chi connectivity index (χ2n) is 25.6. The van der Waals surface area contributed by atoms with Crippen molar-refractivity contribution in [2.75, 3.05) is 13.2 Å². The van der Waals surface area contributed by atoms with Gasteiger partial charge in [0, 0.05) is 12.8 Å². The van der Waals surface area contributed by atoms with Crippen molar-refractivity contribution in [3.05, 3.63) is 0 Å². The molecule has 0 heterocycles. The van der Waals surface area contributed by atoms with Gasteiger partial charge in [0.25, 0.3) is 0 Å². The molecule has 0 aliphatic rings. The van der Waals surface area contributed by atoms with Crippen molar-refractivity contribution in [3.63, 3.8) is 0 Å². The van der Waals surface area contributed by atoms with E-state index in [1.165, 1.54) is 360 Å². The first-order valence-corrected chi connectivity index (χ1v) is 36.8. The van der Waals surface area contributed by atoms with Crippen molar-refractivity contribution in [1.82, 2.24) is 5.32 Å². The smallest absolute Gasteiger partial charge is 0.305 e. The van der Waals surface area contributed by atoms with Gasteiger partial charge in [-0.2, -0.15) is 0 Å². The van der Waals surface area contributed by atoms with E-state index < -0.39 is 12.1 Å². The minimum atomic E-state index is -0.661. The SMILES string of the molecule is CCCCCCCCCCCCCCCCCCCCCC(O)C(CO)NC(=O)CCCCCCCCCCCCCCCCCCCCCCCCCCCCCCCCCOC(=O)CCCCCCCCCCCCCC. The van der Waals surface area contributed by atoms with Crippen LogP contribution in [0.2, 0.25) is 0 Å². The molecule has 1 amide bonds. The Morgan fingerprint density at radius 1 is 0.304 bits per heavy atom. The van der Waals surface area contributed by atoms with Crippen molar-refractivity contribution in [2.45, 2.75) is 443 Å². The fourth-order valence-electron chi connectivity index (χ4n) is 12.1. The molecule has 0 spiro atoms. The summed E-state index contributed by atoms with van der Waals surface area (Å²) in [4.78, 5) is 24.6. The van der Waals surface area contributed by atoms with Crippen LogP contribution in [0.3, 0.4) is 0 Å². The number of hydrogen-bond acceptors (Lipinski definition) is 5. The topological polar surface area (TPSA) is 95.9 Å². The van der Waals surface area contributed by atoms with Crippen LogP contribution in [0, 0.1) is 0 Å². The molecular formula is C73H145NO5. The fourth-order valence-corrected chi connectivity index (χ4v) is 12.1. The number of rotatable bonds is 70. The monoisotopic (exact) mass is 1120 g/mol. The number of aliphatic hydroxyl groups is 2. The molecule has 0 aromatic carbocycles. The van der Waals surface area contributed by atoms with Crippen LogP contribution >= 0.6 is 0 Å². The van der Waals surface area contributed by atoms with E-state index >= 15 is 0 Å². The summed E-state index contributed by atoms with van der Waals surface area (Å²) in [5.41, 5.74) is 0. The van der Waals surface area contributed by atoms with Crippen LogP contribution in [0.15, 0.2) is 0 Å². The number of carbonyl (C=O) groups is 2. The Hall–Kier alpha value is -1.14. The van der Waals surface area contributed by atoms with Gasteiger partial charge in [-0.25, -0.2) is 0 Å². The molecule has 0 fully saturated rings. The van der Waals surface area contributed by atoms with Gasteiger partial charge in [-0.1, -0.05) is 393 Å². The van der Waals surface area contributed by atoms with Crippen LogP contribution in [0.4, 0.5) is 0 Å². The maximum Gasteiger partial charge on any atom is 0.305 e. The second-order valence-corrected chi connectivity index (χ2v) is 25.6. The van der Waals surface area contributed by atoms with E-state index in [9.17, 15) is 19.8 Å². The lowest BCUT2D eigenvalue weighted by Gasteiger charge is -2.22. The van der Waals surface area contributed by atoms with Gasteiger partial charge in [0.2, 0.25) is 5.91 Å². The Morgan fingerprint density at radius 2 is 0.519 bits per heavy atom. The molecule has 2 atom stereocenters. The van der Waals surface area contributed by atoms with Gasteiger partial charge in [-0.05, 0) is 25.7 Å². The molecule has 0 bridgehead atoms. The molecule has 6 nitrogen and oxygen atoms in total. The van der Waals surface area contributed by atoms with E-state index in [1.54, 1.807) is 0 Å². The molecule has 0 aliphatic carbocycles. The average molecular weight is 1120 g/mol. The quantitative estimate of drug-likeness (QED) is 0.0417. The lowest BCUT2D eigenvalue weighted by atomic mass is 10.0. The highest BCUT2D eigenvalue weighted by Gasteiger charge is 2.20. The number of unbranched alkanes of at least 4 members (excludes halogenated alkanes) is 59. The highest BCUT2D eigenvalue weighted by atomic mass is 16.5. The number of nitrogens with one attached hydrogen (secondary N) is 1. The van der Waals surface area contributed by atoms with Crippen molar-refractivity contribution in [1.29, 1.82) is 0 Å². The molecule has 0 saturated carbocycles. The third-order valence-corrected chi connectivity index (χ3v) is 17.7. The van der Waals surface area contributed by atoms with Crippen LogP contribution in [0.25, 0.3) is 0 Å². The van der Waals surface area contributed by atoms with E-state index in [0.717, 1.165) is 38.5 Å². The van der Waals surface area contributed by atoms with Gasteiger partial charge >= 0.3 is 5.97 Å². The first-order valence-electron chi connectivity index (χ1n) is 36.8. The molecule has 0 aliphatic heterocycles. The Morgan fingerprint density at radius 3 is 0.772 bits per heavy atom. The van der Waals surface area contributed by atoms with E-state index in [2.05, 4.69) is 19.2 Å². The molecule has 6 heteroatoms. The number of ether oxygens (including phenoxy) is 1. The first-order chi connectivity index (χ1) is 39.0. The lowest BCUT2D eigenvalue weighted by molar-refractivity contribution is -0.143. The Balaban J connectivity index is 3.32. The minimum absolute atomic E-state index is 0.0226. The summed E-state index contributed by atoms with van der Waals surface area (Å²) >= 11 is 0. The van der Waals surface area contributed by atoms with Crippen LogP contribution < -0.4 is 5.32 Å². The molecule has 0 saturated heterocycles. The molecule has 0 radical (unpaired) electrons. The summed E-state index contributed by atoms with van der Waals surface area (Å²) in [6, 6.07) is -0.538. The van der Waals surface area contributed by atoms with E-state index in [4.69, 9.17) is 4.74 Å². The summed E-state index contributed by atoms with van der Waals surface area (Å²) in [6.07, 6.45) is 84.6. The van der Waals surface area contributed by atoms with Crippen molar-refractivity contribution in [2.24, 2.45) is 0 Å². The summed E-state index contributed by atoms with van der Waals surface area (Å²) < 4.78 is 5.49. The zero-order valence-electron chi connectivity index (χ0n) is 54.2. The van der Waals surface area contributed by atoms with Crippen LogP contribution in [-0.4, -0.2) is 47.4 Å². The molecule has 0 aromatic rings. The molecule has 0 rings (SSSR count). The normalized spacial score (nSPS) is 12.4.